The summed E-state index contributed by atoms with van der Waals surface area (Å²) in [6, 6.07) is 34.9. The summed E-state index contributed by atoms with van der Waals surface area (Å²) in [7, 11) is 0. The van der Waals surface area contributed by atoms with Crippen molar-refractivity contribution in [3.63, 3.8) is 0 Å². The van der Waals surface area contributed by atoms with E-state index in [9.17, 15) is 0 Å². The third kappa shape index (κ3) is 3.43. The maximum absolute atomic E-state index is 2.65. The molecule has 3 aliphatic rings. The van der Waals surface area contributed by atoms with E-state index in [4.69, 9.17) is 0 Å². The smallest absolute Gasteiger partial charge is 0.0545 e. The fraction of sp³-hybridized carbons (Fsp3) is 0.286. The third-order valence-electron chi connectivity index (χ3n) is 10.9. The first-order valence-corrected chi connectivity index (χ1v) is 16.0. The lowest BCUT2D eigenvalue weighted by molar-refractivity contribution is 0.566. The quantitative estimate of drug-likeness (QED) is 0.211. The van der Waals surface area contributed by atoms with Gasteiger partial charge in [-0.3, -0.25) is 0 Å². The van der Waals surface area contributed by atoms with Gasteiger partial charge in [0, 0.05) is 33.3 Å². The van der Waals surface area contributed by atoms with E-state index in [0.717, 1.165) is 0 Å². The molecule has 3 aliphatic heterocycles. The number of rotatable bonds is 3. The van der Waals surface area contributed by atoms with Crippen LogP contribution in [0, 0.1) is 20.8 Å². The van der Waals surface area contributed by atoms with Gasteiger partial charge < -0.3 is 9.80 Å². The van der Waals surface area contributed by atoms with Crippen LogP contribution in [0.2, 0.25) is 0 Å². The van der Waals surface area contributed by atoms with E-state index in [1.54, 1.807) is 0 Å². The number of anilines is 6. The molecule has 220 valence electrons. The average molecular weight is 575 g/mol. The highest BCUT2D eigenvalue weighted by Crippen LogP contribution is 2.66. The summed E-state index contributed by atoms with van der Waals surface area (Å²) in [6.45, 7) is 21.1. The van der Waals surface area contributed by atoms with E-state index in [1.165, 1.54) is 84.2 Å². The Bertz CT molecular complexity index is 1910. The second kappa shape index (κ2) is 8.66. The predicted molar refractivity (Wildman–Crippen MR) is 186 cm³/mol. The molecule has 8 rings (SSSR count). The molecule has 0 saturated heterocycles. The Hall–Kier alpha value is -4.30. The predicted octanol–water partition coefficient (Wildman–Crippen LogP) is 11.5. The third-order valence-corrected chi connectivity index (χ3v) is 10.9. The molecule has 0 amide bonds. The Morgan fingerprint density at radius 2 is 0.795 bits per heavy atom. The molecule has 0 bridgehead atoms. The van der Waals surface area contributed by atoms with Crippen molar-refractivity contribution < 1.29 is 0 Å². The lowest BCUT2D eigenvalue weighted by atomic mass is 9.61. The van der Waals surface area contributed by atoms with Crippen LogP contribution in [0.1, 0.15) is 91.6 Å². The number of nitrogens with zero attached hydrogens (tertiary/aromatic N) is 2. The molecular weight excluding hydrogens is 532 g/mol. The summed E-state index contributed by atoms with van der Waals surface area (Å²) in [6.07, 6.45) is 0. The van der Waals surface area contributed by atoms with Gasteiger partial charge in [0.15, 0.2) is 0 Å². The molecule has 0 N–H and O–H groups in total. The minimum absolute atomic E-state index is 0.0838. The van der Waals surface area contributed by atoms with E-state index in [0.29, 0.717) is 0 Å². The first kappa shape index (κ1) is 27.3. The van der Waals surface area contributed by atoms with Crippen molar-refractivity contribution in [2.24, 2.45) is 0 Å². The average Bonchev–Trinajstić information content (AvgIpc) is 2.97. The van der Waals surface area contributed by atoms with E-state index in [-0.39, 0.29) is 16.2 Å². The monoisotopic (exact) mass is 574 g/mol. The standard InChI is InChI=1S/C42H42N2/c1-25-16-18-28(19-17-25)43(29-21-26(2)20-27(3)22-29)30-23-35-39-36(24-30)42(8,9)34-15-11-13-32-38(34)44(39)37-31(40(32,4)5)12-10-14-33(37)41(35,6)7/h10-24H,1-9H3. The SMILES string of the molecule is Cc1ccc(N(c2cc(C)cc(C)c2)c2cc3c4c(c2)C(C)(C)c2cccc5c2N4c2c(cccc2C3(C)C)C5(C)C)cc1. The van der Waals surface area contributed by atoms with Gasteiger partial charge in [-0.05, 0) is 102 Å². The molecule has 0 atom stereocenters. The van der Waals surface area contributed by atoms with E-state index in [1.807, 2.05) is 0 Å². The minimum atomic E-state index is -0.181. The van der Waals surface area contributed by atoms with Crippen molar-refractivity contribution in [3.05, 3.63) is 141 Å². The fourth-order valence-electron chi connectivity index (χ4n) is 8.52. The molecule has 3 heterocycles. The van der Waals surface area contributed by atoms with Gasteiger partial charge in [0.1, 0.15) is 0 Å². The summed E-state index contributed by atoms with van der Waals surface area (Å²) in [5.74, 6) is 0. The molecule has 0 unspecified atom stereocenters. The molecular formula is C42H42N2. The van der Waals surface area contributed by atoms with Crippen molar-refractivity contribution >= 4 is 34.1 Å². The zero-order chi connectivity index (χ0) is 30.9. The number of hydrogen-bond acceptors (Lipinski definition) is 2. The highest BCUT2D eigenvalue weighted by Gasteiger charge is 2.51. The molecule has 5 aromatic carbocycles. The van der Waals surface area contributed by atoms with Crippen LogP contribution >= 0.6 is 0 Å². The van der Waals surface area contributed by atoms with Gasteiger partial charge in [0.25, 0.3) is 0 Å². The van der Waals surface area contributed by atoms with Crippen LogP contribution in [0.4, 0.5) is 34.1 Å². The molecule has 0 fully saturated rings. The minimum Gasteiger partial charge on any atom is -0.310 e. The highest BCUT2D eigenvalue weighted by atomic mass is 15.2. The van der Waals surface area contributed by atoms with Crippen LogP contribution in [0.5, 0.6) is 0 Å². The van der Waals surface area contributed by atoms with Crippen molar-refractivity contribution in [2.75, 3.05) is 9.80 Å². The second-order valence-electron chi connectivity index (χ2n) is 15.0. The number of para-hydroxylation sites is 2. The lowest BCUT2D eigenvalue weighted by Gasteiger charge is -2.55. The summed E-state index contributed by atoms with van der Waals surface area (Å²) in [5, 5.41) is 0. The normalized spacial score (nSPS) is 17.2. The van der Waals surface area contributed by atoms with Crippen LogP contribution in [0.25, 0.3) is 0 Å². The zero-order valence-corrected chi connectivity index (χ0v) is 27.6. The molecule has 0 aliphatic carbocycles. The van der Waals surface area contributed by atoms with Crippen LogP contribution in [-0.2, 0) is 16.2 Å². The molecule has 5 aromatic rings. The van der Waals surface area contributed by atoms with E-state index >= 15 is 0 Å². The Morgan fingerprint density at radius 3 is 1.25 bits per heavy atom. The van der Waals surface area contributed by atoms with Crippen molar-refractivity contribution in [2.45, 2.75) is 78.6 Å². The maximum Gasteiger partial charge on any atom is 0.0545 e. The Kier molecular flexibility index (Phi) is 5.37. The summed E-state index contributed by atoms with van der Waals surface area (Å²) < 4.78 is 0. The number of aryl methyl sites for hydroxylation is 3. The van der Waals surface area contributed by atoms with Crippen molar-refractivity contribution in [3.8, 4) is 0 Å². The van der Waals surface area contributed by atoms with Gasteiger partial charge in [-0.15, -0.1) is 0 Å². The van der Waals surface area contributed by atoms with Crippen molar-refractivity contribution in [1.82, 2.24) is 0 Å². The van der Waals surface area contributed by atoms with Gasteiger partial charge in [-0.2, -0.15) is 0 Å². The molecule has 2 nitrogen and oxygen atoms in total. The molecule has 0 spiro atoms. The van der Waals surface area contributed by atoms with Gasteiger partial charge in [-0.1, -0.05) is 102 Å². The topological polar surface area (TPSA) is 6.48 Å². The summed E-state index contributed by atoms with van der Waals surface area (Å²) in [5.41, 5.74) is 19.6. The highest BCUT2D eigenvalue weighted by molar-refractivity contribution is 5.99. The Balaban J connectivity index is 1.49. The van der Waals surface area contributed by atoms with E-state index < -0.39 is 0 Å². The summed E-state index contributed by atoms with van der Waals surface area (Å²) in [4.78, 5) is 5.12. The Labute approximate surface area is 263 Å². The molecule has 0 saturated carbocycles. The molecule has 0 aromatic heterocycles. The Morgan fingerprint density at radius 1 is 0.409 bits per heavy atom. The molecule has 0 radical (unpaired) electrons. The van der Waals surface area contributed by atoms with Gasteiger partial charge in [0.2, 0.25) is 0 Å². The number of benzene rings is 5. The largest absolute Gasteiger partial charge is 0.310 e. The van der Waals surface area contributed by atoms with Crippen LogP contribution in [-0.4, -0.2) is 0 Å². The van der Waals surface area contributed by atoms with Gasteiger partial charge in [-0.25, -0.2) is 0 Å². The maximum atomic E-state index is 2.65. The zero-order valence-electron chi connectivity index (χ0n) is 27.6. The first-order valence-electron chi connectivity index (χ1n) is 16.0. The van der Waals surface area contributed by atoms with Crippen LogP contribution < -0.4 is 9.80 Å². The van der Waals surface area contributed by atoms with Crippen LogP contribution in [0.3, 0.4) is 0 Å². The fourth-order valence-corrected chi connectivity index (χ4v) is 8.52. The van der Waals surface area contributed by atoms with Crippen molar-refractivity contribution in [1.29, 1.82) is 0 Å². The van der Waals surface area contributed by atoms with E-state index in [2.05, 4.69) is 163 Å². The number of hydrogen-bond donors (Lipinski definition) is 0. The van der Waals surface area contributed by atoms with Crippen LogP contribution in [0.15, 0.2) is 91.0 Å². The molecule has 44 heavy (non-hydrogen) atoms. The lowest BCUT2D eigenvalue weighted by Crippen LogP contribution is -2.43. The molecule has 2 heteroatoms. The second-order valence-corrected chi connectivity index (χ2v) is 15.0. The van der Waals surface area contributed by atoms with Gasteiger partial charge in [0.05, 0.1) is 17.1 Å². The van der Waals surface area contributed by atoms with Gasteiger partial charge >= 0.3 is 0 Å². The summed E-state index contributed by atoms with van der Waals surface area (Å²) >= 11 is 0. The first-order chi connectivity index (χ1) is 20.8.